The van der Waals surface area contributed by atoms with Gasteiger partial charge in [0.05, 0.1) is 0 Å². The van der Waals surface area contributed by atoms with Crippen LogP contribution in [0.15, 0.2) is 48.6 Å². The van der Waals surface area contributed by atoms with Crippen LogP contribution >= 0.6 is 11.6 Å². The highest BCUT2D eigenvalue weighted by atomic mass is 35.5. The summed E-state index contributed by atoms with van der Waals surface area (Å²) in [7, 11) is 2.12. The van der Waals surface area contributed by atoms with Gasteiger partial charge in [0.1, 0.15) is 0 Å². The molecule has 0 fully saturated rings. The Morgan fingerprint density at radius 1 is 1.17 bits per heavy atom. The molecule has 0 amide bonds. The van der Waals surface area contributed by atoms with E-state index in [-0.39, 0.29) is 5.41 Å². The van der Waals surface area contributed by atoms with Crippen LogP contribution in [0.1, 0.15) is 26.3 Å². The Kier molecular flexibility index (Phi) is 5.88. The van der Waals surface area contributed by atoms with Crippen LogP contribution in [0.5, 0.6) is 0 Å². The van der Waals surface area contributed by atoms with E-state index in [9.17, 15) is 0 Å². The van der Waals surface area contributed by atoms with E-state index in [1.807, 2.05) is 18.2 Å². The Morgan fingerprint density at radius 2 is 1.96 bits per heavy atom. The van der Waals surface area contributed by atoms with Crippen molar-refractivity contribution in [3.05, 3.63) is 59.1 Å². The first-order chi connectivity index (χ1) is 10.8. The van der Waals surface area contributed by atoms with Gasteiger partial charge in [-0.2, -0.15) is 0 Å². The number of benzene rings is 2. The Balaban J connectivity index is 2.03. The molecule has 0 aliphatic carbocycles. The van der Waals surface area contributed by atoms with Crippen LogP contribution in [-0.2, 0) is 6.54 Å². The van der Waals surface area contributed by atoms with E-state index >= 15 is 0 Å². The minimum atomic E-state index is 0.0540. The highest BCUT2D eigenvalue weighted by molar-refractivity contribution is 6.31. The number of nitrogens with zero attached hydrogens (tertiary/aromatic N) is 1. The molecule has 0 N–H and O–H groups in total. The van der Waals surface area contributed by atoms with Crippen LogP contribution in [0.2, 0.25) is 5.02 Å². The van der Waals surface area contributed by atoms with Crippen molar-refractivity contribution in [3.63, 3.8) is 0 Å². The average molecular weight is 326 g/mol. The largest absolute Gasteiger partial charge is 0.298 e. The molecule has 0 spiro atoms. The van der Waals surface area contributed by atoms with Crippen molar-refractivity contribution < 1.29 is 0 Å². The summed E-state index contributed by atoms with van der Waals surface area (Å²) in [5.41, 5.74) is 1.35. The van der Waals surface area contributed by atoms with Gasteiger partial charge in [0, 0.05) is 23.5 Å². The zero-order chi connectivity index (χ0) is 16.9. The summed E-state index contributed by atoms with van der Waals surface area (Å²) in [5, 5.41) is 3.24. The van der Waals surface area contributed by atoms with E-state index in [1.165, 1.54) is 16.3 Å². The van der Waals surface area contributed by atoms with Gasteiger partial charge >= 0.3 is 0 Å². The fourth-order valence-electron chi connectivity index (χ4n) is 2.35. The number of halogens is 1. The molecule has 0 aliphatic rings. The fraction of sp³-hybridized carbons (Fsp3) is 0.333. The zero-order valence-corrected chi connectivity index (χ0v) is 15.1. The molecule has 0 unspecified atom stereocenters. The second-order valence-corrected chi connectivity index (χ2v) is 7.34. The lowest BCUT2D eigenvalue weighted by Gasteiger charge is -2.16. The second-order valence-electron chi connectivity index (χ2n) is 6.90. The first-order valence-electron chi connectivity index (χ1n) is 7.88. The molecule has 0 radical (unpaired) electrons. The number of rotatable bonds is 4. The summed E-state index contributed by atoms with van der Waals surface area (Å²) >= 11 is 6.14. The average Bonchev–Trinajstić information content (AvgIpc) is 2.46. The van der Waals surface area contributed by atoms with Crippen LogP contribution in [0, 0.1) is 17.3 Å². The lowest BCUT2D eigenvalue weighted by Crippen LogP contribution is -2.17. The molecule has 0 saturated heterocycles. The van der Waals surface area contributed by atoms with Crippen LogP contribution < -0.4 is 0 Å². The molecule has 120 valence electrons. The van der Waals surface area contributed by atoms with Crippen molar-refractivity contribution in [1.82, 2.24) is 4.90 Å². The minimum absolute atomic E-state index is 0.0540. The number of fused-ring (bicyclic) bond motifs is 1. The van der Waals surface area contributed by atoms with Gasteiger partial charge in [-0.15, -0.1) is 0 Å². The molecule has 0 aliphatic heterocycles. The zero-order valence-electron chi connectivity index (χ0n) is 14.4. The van der Waals surface area contributed by atoms with E-state index in [1.54, 1.807) is 0 Å². The van der Waals surface area contributed by atoms with Crippen molar-refractivity contribution >= 4 is 22.4 Å². The number of allylic oxidation sites excluding steroid dienone is 1. The first kappa shape index (κ1) is 17.6. The molecule has 0 bridgehead atoms. The molecule has 0 aromatic heterocycles. The molecular weight excluding hydrogens is 302 g/mol. The van der Waals surface area contributed by atoms with Crippen LogP contribution in [0.25, 0.3) is 10.8 Å². The third-order valence-electron chi connectivity index (χ3n) is 3.44. The van der Waals surface area contributed by atoms with Crippen LogP contribution in [0.3, 0.4) is 0 Å². The highest BCUT2D eigenvalue weighted by Gasteiger charge is 2.04. The molecule has 0 heterocycles. The Hall–Kier alpha value is -1.75. The van der Waals surface area contributed by atoms with Gasteiger partial charge in [-0.1, -0.05) is 53.8 Å². The van der Waals surface area contributed by atoms with Gasteiger partial charge in [0.25, 0.3) is 0 Å². The van der Waals surface area contributed by atoms with Crippen LogP contribution in [-0.4, -0.2) is 18.5 Å². The molecule has 23 heavy (non-hydrogen) atoms. The van der Waals surface area contributed by atoms with Crippen molar-refractivity contribution in [2.75, 3.05) is 13.6 Å². The van der Waals surface area contributed by atoms with E-state index in [0.717, 1.165) is 18.1 Å². The third-order valence-corrected chi connectivity index (χ3v) is 3.68. The molecule has 1 nitrogen and oxygen atoms in total. The van der Waals surface area contributed by atoms with Gasteiger partial charge in [-0.3, -0.25) is 4.90 Å². The number of hydrogen-bond donors (Lipinski definition) is 0. The predicted molar refractivity (Wildman–Crippen MR) is 102 cm³/mol. The minimum Gasteiger partial charge on any atom is -0.298 e. The van der Waals surface area contributed by atoms with Crippen molar-refractivity contribution in [1.29, 1.82) is 0 Å². The van der Waals surface area contributed by atoms with Crippen LogP contribution in [0.4, 0.5) is 0 Å². The lowest BCUT2D eigenvalue weighted by atomic mass is 9.98. The molecule has 0 saturated carbocycles. The summed E-state index contributed by atoms with van der Waals surface area (Å²) in [4.78, 5) is 2.27. The normalized spacial score (nSPS) is 11.9. The topological polar surface area (TPSA) is 3.24 Å². The van der Waals surface area contributed by atoms with Crippen molar-refractivity contribution in [2.45, 2.75) is 27.3 Å². The molecule has 2 aromatic carbocycles. The Bertz CT molecular complexity index is 757. The third kappa shape index (κ3) is 5.75. The van der Waals surface area contributed by atoms with E-state index in [0.29, 0.717) is 0 Å². The summed E-state index contributed by atoms with van der Waals surface area (Å²) in [5.74, 6) is 6.31. The smallest absolute Gasteiger partial charge is 0.0412 e. The monoisotopic (exact) mass is 325 g/mol. The van der Waals surface area contributed by atoms with Gasteiger partial charge < -0.3 is 0 Å². The van der Waals surface area contributed by atoms with Gasteiger partial charge in [0.2, 0.25) is 0 Å². The summed E-state index contributed by atoms with van der Waals surface area (Å²) < 4.78 is 0. The quantitative estimate of drug-likeness (QED) is 0.668. The molecule has 0 atom stereocenters. The van der Waals surface area contributed by atoms with Crippen molar-refractivity contribution in [2.24, 2.45) is 5.41 Å². The maximum Gasteiger partial charge on any atom is 0.0412 e. The summed E-state index contributed by atoms with van der Waals surface area (Å²) in [6, 6.07) is 12.4. The second kappa shape index (κ2) is 7.68. The van der Waals surface area contributed by atoms with Gasteiger partial charge in [0.15, 0.2) is 0 Å². The maximum atomic E-state index is 6.14. The molecule has 2 rings (SSSR count). The molecule has 2 aromatic rings. The van der Waals surface area contributed by atoms with E-state index in [4.69, 9.17) is 11.6 Å². The molecule has 2 heteroatoms. The van der Waals surface area contributed by atoms with Gasteiger partial charge in [-0.25, -0.2) is 0 Å². The fourth-order valence-corrected chi connectivity index (χ4v) is 2.52. The van der Waals surface area contributed by atoms with E-state index < -0.39 is 0 Å². The van der Waals surface area contributed by atoms with Crippen molar-refractivity contribution in [3.8, 4) is 11.8 Å². The maximum absolute atomic E-state index is 6.14. The Morgan fingerprint density at radius 3 is 2.70 bits per heavy atom. The van der Waals surface area contributed by atoms with Gasteiger partial charge in [-0.05, 0) is 62.4 Å². The lowest BCUT2D eigenvalue weighted by molar-refractivity contribution is 0.365. The summed E-state index contributed by atoms with van der Waals surface area (Å²) in [6.07, 6.45) is 4.05. The standard InChI is InChI=1S/C21H24ClN/c1-21(2,3)13-6-5-7-14-23(4)16-18-10-8-9-17-11-12-19(22)15-20(17)18/h5,7-12,15H,14,16H2,1-4H3/b7-5+. The SMILES string of the molecule is CN(C/C=C/C#CC(C)(C)C)Cc1cccc2ccc(Cl)cc12. The predicted octanol–water partition coefficient (Wildman–Crippen LogP) is 5.53. The highest BCUT2D eigenvalue weighted by Crippen LogP contribution is 2.23. The Labute approximate surface area is 145 Å². The number of likely N-dealkylation sites (N-methyl/N-ethyl adjacent to an activating group) is 1. The number of hydrogen-bond acceptors (Lipinski definition) is 1. The molecular formula is C21H24ClN. The summed E-state index contributed by atoms with van der Waals surface area (Å²) in [6.45, 7) is 8.10. The first-order valence-corrected chi connectivity index (χ1v) is 8.26. The van der Waals surface area contributed by atoms with E-state index in [2.05, 4.69) is 74.9 Å².